The second-order valence-electron chi connectivity index (χ2n) is 3.04. The molecule has 1 heterocycles. The summed E-state index contributed by atoms with van der Waals surface area (Å²) >= 11 is 4.61. The molecule has 0 saturated carbocycles. The van der Waals surface area contributed by atoms with Crippen LogP contribution in [-0.2, 0) is 10.0 Å². The Morgan fingerprint density at radius 2 is 2.31 bits per heavy atom. The summed E-state index contributed by atoms with van der Waals surface area (Å²) in [5, 5.41) is -0.668. The predicted octanol–water partition coefficient (Wildman–Crippen LogP) is 0.174. The molecule has 1 unspecified atom stereocenters. The third-order valence-electron chi connectivity index (χ3n) is 1.74. The first kappa shape index (κ1) is 12.9. The molecule has 1 aromatic rings. The normalized spacial score (nSPS) is 13.4. The van der Waals surface area contributed by atoms with Crippen LogP contribution >= 0.6 is 12.2 Å². The van der Waals surface area contributed by atoms with Gasteiger partial charge in [0.05, 0.1) is 11.0 Å². The van der Waals surface area contributed by atoms with Gasteiger partial charge < -0.3 is 5.73 Å². The van der Waals surface area contributed by atoms with Crippen LogP contribution in [0, 0.1) is 5.82 Å². The maximum Gasteiger partial charge on any atom is 0.261 e. The van der Waals surface area contributed by atoms with E-state index in [1.54, 1.807) is 0 Å². The van der Waals surface area contributed by atoms with E-state index in [2.05, 4.69) is 21.9 Å². The van der Waals surface area contributed by atoms with Crippen molar-refractivity contribution in [1.82, 2.24) is 9.71 Å². The summed E-state index contributed by atoms with van der Waals surface area (Å²) in [5.41, 5.74) is 5.25. The molecule has 0 radical (unpaired) electrons. The molecule has 0 aliphatic heterocycles. The molecule has 0 amide bonds. The van der Waals surface area contributed by atoms with Crippen LogP contribution in [0.5, 0.6) is 0 Å². The first-order chi connectivity index (χ1) is 7.34. The number of sulfonamides is 1. The van der Waals surface area contributed by atoms with Crippen molar-refractivity contribution in [3.8, 4) is 0 Å². The number of nitrogens with one attached hydrogen (secondary N) is 1. The lowest BCUT2D eigenvalue weighted by Crippen LogP contribution is -2.41. The van der Waals surface area contributed by atoms with Crippen molar-refractivity contribution in [1.29, 1.82) is 0 Å². The maximum absolute atomic E-state index is 13.2. The van der Waals surface area contributed by atoms with E-state index in [0.29, 0.717) is 0 Å². The Labute approximate surface area is 97.9 Å². The highest BCUT2D eigenvalue weighted by molar-refractivity contribution is 7.89. The topological polar surface area (TPSA) is 85.1 Å². The predicted molar refractivity (Wildman–Crippen MR) is 60.8 cm³/mol. The summed E-state index contributed by atoms with van der Waals surface area (Å²) in [7, 11) is -4.04. The number of hydrogen-bond acceptors (Lipinski definition) is 4. The van der Waals surface area contributed by atoms with Crippen molar-refractivity contribution in [2.24, 2.45) is 5.73 Å². The average molecular weight is 263 g/mol. The van der Waals surface area contributed by atoms with Gasteiger partial charge in [0.15, 0.2) is 5.82 Å². The van der Waals surface area contributed by atoms with Crippen molar-refractivity contribution in [3.63, 3.8) is 0 Å². The van der Waals surface area contributed by atoms with E-state index in [4.69, 9.17) is 5.73 Å². The molecule has 0 aliphatic rings. The van der Waals surface area contributed by atoms with Crippen LogP contribution < -0.4 is 10.5 Å². The maximum atomic E-state index is 13.2. The number of nitrogens with two attached hydrogens (primary N) is 1. The highest BCUT2D eigenvalue weighted by atomic mass is 32.2. The van der Waals surface area contributed by atoms with Crippen LogP contribution in [0.3, 0.4) is 0 Å². The standard InChI is InChI=1S/C8H10FN3O2S2/c1-5(7(10)15)12-16(13,14)8-6(9)3-2-4-11-8/h2-5,12H,1H3,(H2,10,15). The van der Waals surface area contributed by atoms with Gasteiger partial charge >= 0.3 is 0 Å². The van der Waals surface area contributed by atoms with Gasteiger partial charge in [-0.15, -0.1) is 0 Å². The zero-order valence-corrected chi connectivity index (χ0v) is 9.98. The van der Waals surface area contributed by atoms with E-state index in [-0.39, 0.29) is 4.99 Å². The molecule has 5 nitrogen and oxygen atoms in total. The van der Waals surface area contributed by atoms with E-state index in [1.807, 2.05) is 0 Å². The monoisotopic (exact) mass is 263 g/mol. The van der Waals surface area contributed by atoms with Crippen molar-refractivity contribution >= 4 is 27.2 Å². The Bertz CT molecular complexity index is 504. The van der Waals surface area contributed by atoms with Crippen LogP contribution in [0.2, 0.25) is 0 Å². The lowest BCUT2D eigenvalue weighted by molar-refractivity contribution is 0.543. The number of thiocarbonyl (C=S) groups is 1. The van der Waals surface area contributed by atoms with Crippen LogP contribution in [-0.4, -0.2) is 24.4 Å². The SMILES string of the molecule is CC(NS(=O)(=O)c1ncccc1F)C(N)=S. The summed E-state index contributed by atoms with van der Waals surface area (Å²) in [6, 6.07) is 1.54. The van der Waals surface area contributed by atoms with Crippen molar-refractivity contribution in [2.45, 2.75) is 18.0 Å². The summed E-state index contributed by atoms with van der Waals surface area (Å²) in [4.78, 5) is 3.42. The van der Waals surface area contributed by atoms with Crippen LogP contribution in [0.25, 0.3) is 0 Å². The summed E-state index contributed by atoms with van der Waals surface area (Å²) in [5.74, 6) is -0.926. The molecule has 0 bridgehead atoms. The van der Waals surface area contributed by atoms with Gasteiger partial charge in [0.25, 0.3) is 10.0 Å². The van der Waals surface area contributed by atoms with Gasteiger partial charge in [0, 0.05) is 6.20 Å². The van der Waals surface area contributed by atoms with Crippen LogP contribution in [0.1, 0.15) is 6.92 Å². The van der Waals surface area contributed by atoms with Gasteiger partial charge in [-0.1, -0.05) is 12.2 Å². The Morgan fingerprint density at radius 1 is 1.69 bits per heavy atom. The smallest absolute Gasteiger partial charge is 0.261 e. The molecule has 8 heteroatoms. The molecular formula is C8H10FN3O2S2. The summed E-state index contributed by atoms with van der Waals surface area (Å²) < 4.78 is 38.6. The molecule has 3 N–H and O–H groups in total. The highest BCUT2D eigenvalue weighted by Gasteiger charge is 2.23. The fourth-order valence-electron chi connectivity index (χ4n) is 0.916. The van der Waals surface area contributed by atoms with E-state index in [1.165, 1.54) is 19.2 Å². The minimum absolute atomic E-state index is 0.0279. The minimum Gasteiger partial charge on any atom is -0.392 e. The molecule has 0 aromatic carbocycles. The van der Waals surface area contributed by atoms with Crippen LogP contribution in [0.15, 0.2) is 23.4 Å². The zero-order chi connectivity index (χ0) is 12.3. The molecule has 0 aliphatic carbocycles. The Balaban J connectivity index is 3.04. The summed E-state index contributed by atoms with van der Waals surface area (Å²) in [6.07, 6.45) is 1.18. The van der Waals surface area contributed by atoms with Gasteiger partial charge in [-0.2, -0.15) is 0 Å². The third kappa shape index (κ3) is 2.94. The molecule has 0 saturated heterocycles. The lowest BCUT2D eigenvalue weighted by Gasteiger charge is -2.12. The Kier molecular flexibility index (Phi) is 3.89. The molecule has 1 atom stereocenters. The van der Waals surface area contributed by atoms with Gasteiger partial charge in [-0.05, 0) is 19.1 Å². The minimum atomic E-state index is -4.04. The Hall–Kier alpha value is -1.12. The van der Waals surface area contributed by atoms with E-state index >= 15 is 0 Å². The molecule has 88 valence electrons. The molecule has 0 fully saturated rings. The van der Waals surface area contributed by atoms with E-state index < -0.39 is 26.9 Å². The van der Waals surface area contributed by atoms with Gasteiger partial charge in [0.2, 0.25) is 5.03 Å². The van der Waals surface area contributed by atoms with Gasteiger partial charge in [-0.3, -0.25) is 0 Å². The second-order valence-corrected chi connectivity index (χ2v) is 5.14. The molecule has 16 heavy (non-hydrogen) atoms. The molecule has 0 spiro atoms. The van der Waals surface area contributed by atoms with Crippen molar-refractivity contribution < 1.29 is 12.8 Å². The third-order valence-corrected chi connectivity index (χ3v) is 3.56. The lowest BCUT2D eigenvalue weighted by atomic mass is 10.4. The fraction of sp³-hybridized carbons (Fsp3) is 0.250. The number of pyridine rings is 1. The van der Waals surface area contributed by atoms with E-state index in [9.17, 15) is 12.8 Å². The van der Waals surface area contributed by atoms with Crippen LogP contribution in [0.4, 0.5) is 4.39 Å². The zero-order valence-electron chi connectivity index (χ0n) is 8.34. The summed E-state index contributed by atoms with van der Waals surface area (Å²) in [6.45, 7) is 1.46. The molecule has 1 aromatic heterocycles. The quantitative estimate of drug-likeness (QED) is 0.757. The Morgan fingerprint density at radius 3 is 2.81 bits per heavy atom. The van der Waals surface area contributed by atoms with Gasteiger partial charge in [-0.25, -0.2) is 22.5 Å². The first-order valence-electron chi connectivity index (χ1n) is 4.27. The number of nitrogens with zero attached hydrogens (tertiary/aromatic N) is 1. The first-order valence-corrected chi connectivity index (χ1v) is 6.16. The fourth-order valence-corrected chi connectivity index (χ4v) is 2.28. The molecular weight excluding hydrogens is 253 g/mol. The second kappa shape index (κ2) is 4.81. The number of halogens is 1. The highest BCUT2D eigenvalue weighted by Crippen LogP contribution is 2.10. The number of aromatic nitrogens is 1. The van der Waals surface area contributed by atoms with E-state index in [0.717, 1.165) is 6.07 Å². The van der Waals surface area contributed by atoms with Crippen molar-refractivity contribution in [2.75, 3.05) is 0 Å². The average Bonchev–Trinajstić information content (AvgIpc) is 2.17. The number of rotatable bonds is 4. The van der Waals surface area contributed by atoms with Gasteiger partial charge in [0.1, 0.15) is 0 Å². The largest absolute Gasteiger partial charge is 0.392 e. The molecule has 1 rings (SSSR count). The van der Waals surface area contributed by atoms with Crippen molar-refractivity contribution in [3.05, 3.63) is 24.1 Å². The number of hydrogen-bond donors (Lipinski definition) is 2.